The number of primary amides is 1. The molecule has 3 N–H and O–H groups in total. The van der Waals surface area contributed by atoms with Gasteiger partial charge in [-0.1, -0.05) is 68.5 Å². The minimum atomic E-state index is -1.37. The summed E-state index contributed by atoms with van der Waals surface area (Å²) in [6.45, 7) is 11.6. The van der Waals surface area contributed by atoms with Crippen molar-refractivity contribution in [2.45, 2.75) is 52.7 Å². The van der Waals surface area contributed by atoms with Gasteiger partial charge in [0, 0.05) is 17.2 Å². The summed E-state index contributed by atoms with van der Waals surface area (Å²) in [6.07, 6.45) is 2.88. The van der Waals surface area contributed by atoms with Crippen LogP contribution in [0.3, 0.4) is 0 Å². The standard InChI is InChI=1S/C31H35FN4O3/c1-18(2)20(5)25(31(30(33)39)16-10-11-17-31)28(37)35-27-29(38)36(19(3)4)24-15-9-7-13-22(24)26(34-27)21-12-6-8-14-23(21)32/h6-15,18-19,25,27H,5,16-17H2,1-4H3,(H2,33,39)(H,35,37)/t25-,27-/m0/s1. The number of carbonyl (C=O) groups excluding carboxylic acids is 3. The number of carbonyl (C=O) groups is 3. The van der Waals surface area contributed by atoms with Gasteiger partial charge in [-0.05, 0) is 50.8 Å². The van der Waals surface area contributed by atoms with E-state index in [1.165, 1.54) is 6.07 Å². The van der Waals surface area contributed by atoms with E-state index in [1.807, 2.05) is 39.8 Å². The lowest BCUT2D eigenvalue weighted by Crippen LogP contribution is -2.55. The maximum atomic E-state index is 15.1. The fraction of sp³-hybridized carbons (Fsp3) is 0.355. The second-order valence-electron chi connectivity index (χ2n) is 10.8. The van der Waals surface area contributed by atoms with E-state index in [2.05, 4.69) is 16.9 Å². The van der Waals surface area contributed by atoms with Crippen LogP contribution in [-0.2, 0) is 14.4 Å². The topological polar surface area (TPSA) is 105 Å². The Morgan fingerprint density at radius 1 is 1.05 bits per heavy atom. The number of nitrogens with one attached hydrogen (secondary N) is 1. The molecular weight excluding hydrogens is 495 g/mol. The Hall–Kier alpha value is -4.07. The first-order chi connectivity index (χ1) is 18.5. The van der Waals surface area contributed by atoms with Gasteiger partial charge in [-0.3, -0.25) is 14.4 Å². The van der Waals surface area contributed by atoms with E-state index in [0.717, 1.165) is 0 Å². The number of halogens is 1. The summed E-state index contributed by atoms with van der Waals surface area (Å²) >= 11 is 0. The molecule has 204 valence electrons. The lowest BCUT2D eigenvalue weighted by atomic mass is 9.67. The SMILES string of the molecule is C=C(C(C)C)[C@@H](C(=O)N[C@@H]1N=C(c2ccccc2F)c2ccccc2N(C(C)C)C1=O)C1(C(N)=O)CC=CC1. The molecule has 0 saturated carbocycles. The zero-order valence-electron chi connectivity index (χ0n) is 22.8. The summed E-state index contributed by atoms with van der Waals surface area (Å²) in [6, 6.07) is 13.1. The second kappa shape index (κ2) is 11.0. The van der Waals surface area contributed by atoms with Gasteiger partial charge in [-0.15, -0.1) is 0 Å². The lowest BCUT2D eigenvalue weighted by molar-refractivity contribution is -0.139. The van der Waals surface area contributed by atoms with Crippen LogP contribution in [0.1, 0.15) is 51.7 Å². The average Bonchev–Trinajstić information content (AvgIpc) is 3.34. The third-order valence-corrected chi connectivity index (χ3v) is 7.62. The minimum Gasteiger partial charge on any atom is -0.369 e. The maximum Gasteiger partial charge on any atom is 0.272 e. The smallest absolute Gasteiger partial charge is 0.272 e. The number of hydrogen-bond donors (Lipinski definition) is 2. The number of nitrogens with zero attached hydrogens (tertiary/aromatic N) is 2. The van der Waals surface area contributed by atoms with Crippen molar-refractivity contribution in [1.82, 2.24) is 5.32 Å². The third-order valence-electron chi connectivity index (χ3n) is 7.62. The molecule has 1 aliphatic carbocycles. The molecule has 8 heteroatoms. The molecule has 2 atom stereocenters. The van der Waals surface area contributed by atoms with Crippen LogP contribution in [0.15, 0.2) is 77.8 Å². The number of hydrogen-bond acceptors (Lipinski definition) is 4. The minimum absolute atomic E-state index is 0.128. The average molecular weight is 531 g/mol. The van der Waals surface area contributed by atoms with Crippen LogP contribution in [0.2, 0.25) is 0 Å². The quantitative estimate of drug-likeness (QED) is 0.491. The number of benzodiazepines with no additional fused rings is 1. The van der Waals surface area contributed by atoms with Crippen molar-refractivity contribution in [1.29, 1.82) is 0 Å². The maximum absolute atomic E-state index is 15.1. The number of fused-ring (bicyclic) bond motifs is 1. The first kappa shape index (κ1) is 28.0. The highest BCUT2D eigenvalue weighted by atomic mass is 19.1. The Labute approximate surface area is 228 Å². The fourth-order valence-electron chi connectivity index (χ4n) is 5.46. The Morgan fingerprint density at radius 3 is 2.21 bits per heavy atom. The van der Waals surface area contributed by atoms with Crippen LogP contribution < -0.4 is 16.0 Å². The molecule has 3 amide bonds. The van der Waals surface area contributed by atoms with E-state index in [4.69, 9.17) is 5.73 Å². The highest BCUT2D eigenvalue weighted by Crippen LogP contribution is 2.45. The highest BCUT2D eigenvalue weighted by molar-refractivity contribution is 6.20. The first-order valence-corrected chi connectivity index (χ1v) is 13.2. The van der Waals surface area contributed by atoms with Crippen molar-refractivity contribution in [2.24, 2.45) is 28.0 Å². The van der Waals surface area contributed by atoms with E-state index in [-0.39, 0.29) is 36.1 Å². The number of para-hydroxylation sites is 1. The Bertz CT molecular complexity index is 1370. The molecule has 0 unspecified atom stereocenters. The van der Waals surface area contributed by atoms with Crippen LogP contribution in [-0.4, -0.2) is 35.6 Å². The van der Waals surface area contributed by atoms with Crippen LogP contribution in [0, 0.1) is 23.1 Å². The van der Waals surface area contributed by atoms with Crippen LogP contribution in [0.5, 0.6) is 0 Å². The fourth-order valence-corrected chi connectivity index (χ4v) is 5.46. The predicted molar refractivity (Wildman–Crippen MR) is 151 cm³/mol. The lowest BCUT2D eigenvalue weighted by Gasteiger charge is -2.37. The largest absolute Gasteiger partial charge is 0.369 e. The van der Waals surface area contributed by atoms with Crippen LogP contribution in [0.25, 0.3) is 0 Å². The van der Waals surface area contributed by atoms with E-state index in [9.17, 15) is 14.4 Å². The van der Waals surface area contributed by atoms with Crippen LogP contribution >= 0.6 is 0 Å². The number of nitrogens with two attached hydrogens (primary N) is 1. The summed E-state index contributed by atoms with van der Waals surface area (Å²) < 4.78 is 15.1. The van der Waals surface area contributed by atoms with Gasteiger partial charge in [0.2, 0.25) is 18.0 Å². The Balaban J connectivity index is 1.85. The van der Waals surface area contributed by atoms with Gasteiger partial charge < -0.3 is 16.0 Å². The molecule has 0 fully saturated rings. The summed E-state index contributed by atoms with van der Waals surface area (Å²) in [4.78, 5) is 47.1. The summed E-state index contributed by atoms with van der Waals surface area (Å²) in [5, 5.41) is 2.80. The molecule has 39 heavy (non-hydrogen) atoms. The Morgan fingerprint density at radius 2 is 1.64 bits per heavy atom. The van der Waals surface area contributed by atoms with Crippen molar-refractivity contribution >= 4 is 29.1 Å². The monoisotopic (exact) mass is 530 g/mol. The van der Waals surface area contributed by atoms with Gasteiger partial charge in [0.25, 0.3) is 5.91 Å². The molecule has 0 saturated heterocycles. The third kappa shape index (κ3) is 5.03. The van der Waals surface area contributed by atoms with Crippen molar-refractivity contribution in [3.63, 3.8) is 0 Å². The molecule has 0 spiro atoms. The number of allylic oxidation sites excluding steroid dienone is 2. The van der Waals surface area contributed by atoms with E-state index >= 15 is 4.39 Å². The molecule has 2 aromatic rings. The van der Waals surface area contributed by atoms with Crippen molar-refractivity contribution < 1.29 is 18.8 Å². The second-order valence-corrected chi connectivity index (χ2v) is 10.8. The van der Waals surface area contributed by atoms with Gasteiger partial charge in [-0.2, -0.15) is 0 Å². The number of benzene rings is 2. The molecule has 0 radical (unpaired) electrons. The first-order valence-electron chi connectivity index (χ1n) is 13.2. The summed E-state index contributed by atoms with van der Waals surface area (Å²) in [7, 11) is 0. The predicted octanol–water partition coefficient (Wildman–Crippen LogP) is 4.51. The number of aliphatic imine (C=N–C) groups is 1. The van der Waals surface area contributed by atoms with E-state index in [1.54, 1.807) is 47.4 Å². The highest BCUT2D eigenvalue weighted by Gasteiger charge is 2.50. The molecular formula is C31H35FN4O3. The van der Waals surface area contributed by atoms with Gasteiger partial charge in [0.1, 0.15) is 5.82 Å². The molecule has 7 nitrogen and oxygen atoms in total. The molecule has 0 aromatic heterocycles. The number of rotatable bonds is 8. The van der Waals surface area contributed by atoms with E-state index in [0.29, 0.717) is 16.8 Å². The normalized spacial score (nSPS) is 18.9. The summed E-state index contributed by atoms with van der Waals surface area (Å²) in [5.41, 5.74) is 6.81. The molecule has 4 rings (SSSR count). The molecule has 2 aliphatic rings. The molecule has 0 bridgehead atoms. The molecule has 1 heterocycles. The van der Waals surface area contributed by atoms with Gasteiger partial charge >= 0.3 is 0 Å². The molecule has 1 aliphatic heterocycles. The zero-order valence-corrected chi connectivity index (χ0v) is 22.8. The van der Waals surface area contributed by atoms with Gasteiger partial charge in [0.05, 0.1) is 22.7 Å². The number of anilines is 1. The van der Waals surface area contributed by atoms with E-state index < -0.39 is 41.0 Å². The van der Waals surface area contributed by atoms with Gasteiger partial charge in [0.15, 0.2) is 0 Å². The Kier molecular flexibility index (Phi) is 7.86. The van der Waals surface area contributed by atoms with Crippen molar-refractivity contribution in [3.8, 4) is 0 Å². The van der Waals surface area contributed by atoms with Crippen molar-refractivity contribution in [2.75, 3.05) is 4.90 Å². The summed E-state index contributed by atoms with van der Waals surface area (Å²) in [5.74, 6) is -3.25. The number of amides is 3. The van der Waals surface area contributed by atoms with Gasteiger partial charge in [-0.25, -0.2) is 9.38 Å². The van der Waals surface area contributed by atoms with Crippen molar-refractivity contribution in [3.05, 3.63) is 89.8 Å². The zero-order chi connectivity index (χ0) is 28.5. The van der Waals surface area contributed by atoms with Crippen LogP contribution in [0.4, 0.5) is 10.1 Å². The molecule has 2 aromatic carbocycles.